The molecule has 28 heavy (non-hydrogen) atoms. The lowest BCUT2D eigenvalue weighted by Crippen LogP contribution is -2.36. The van der Waals surface area contributed by atoms with Crippen LogP contribution in [-0.4, -0.2) is 57.7 Å². The number of morpholine rings is 1. The maximum atomic E-state index is 5.80. The molecule has 0 aliphatic carbocycles. The van der Waals surface area contributed by atoms with Crippen LogP contribution in [0.25, 0.3) is 0 Å². The Labute approximate surface area is 166 Å². The zero-order valence-corrected chi connectivity index (χ0v) is 16.9. The molecule has 0 atom stereocenters. The molecule has 1 saturated heterocycles. The summed E-state index contributed by atoms with van der Waals surface area (Å²) >= 11 is 0. The van der Waals surface area contributed by atoms with Crippen molar-refractivity contribution < 1.29 is 9.47 Å². The Morgan fingerprint density at radius 1 is 1.18 bits per heavy atom. The smallest absolute Gasteiger partial charge is 0.215 e. The molecule has 0 amide bonds. The van der Waals surface area contributed by atoms with Crippen molar-refractivity contribution in [1.29, 1.82) is 0 Å². The van der Waals surface area contributed by atoms with Crippen molar-refractivity contribution in [2.75, 3.05) is 56.8 Å². The van der Waals surface area contributed by atoms with E-state index in [0.717, 1.165) is 49.9 Å². The molecule has 3 rings (SSSR count). The van der Waals surface area contributed by atoms with Gasteiger partial charge in [-0.05, 0) is 50.2 Å². The number of ether oxygens (including phenoxy) is 2. The number of anilines is 2. The molecule has 0 saturated carbocycles. The van der Waals surface area contributed by atoms with E-state index < -0.39 is 0 Å². The summed E-state index contributed by atoms with van der Waals surface area (Å²) in [4.78, 5) is 6.85. The van der Waals surface area contributed by atoms with Gasteiger partial charge in [-0.1, -0.05) is 6.07 Å². The first-order valence-corrected chi connectivity index (χ1v) is 9.64. The highest BCUT2D eigenvalue weighted by molar-refractivity contribution is 5.80. The number of benzene rings is 1. The van der Waals surface area contributed by atoms with Crippen LogP contribution in [-0.2, 0) is 4.74 Å². The van der Waals surface area contributed by atoms with Crippen molar-refractivity contribution >= 4 is 17.6 Å². The second-order valence-electron chi connectivity index (χ2n) is 6.81. The fraction of sp³-hybridized carbons (Fsp3) is 0.429. The molecule has 2 N–H and O–H groups in total. The number of nitrogens with zero attached hydrogens (tertiary/aromatic N) is 3. The Kier molecular flexibility index (Phi) is 7.22. The number of aromatic nitrogens is 1. The van der Waals surface area contributed by atoms with Gasteiger partial charge in [0, 0.05) is 31.4 Å². The van der Waals surface area contributed by atoms with Gasteiger partial charge in [0.25, 0.3) is 0 Å². The number of pyridine rings is 1. The first kappa shape index (κ1) is 20.1. The lowest BCUT2D eigenvalue weighted by molar-refractivity contribution is 0.122. The molecule has 1 aliphatic heterocycles. The summed E-state index contributed by atoms with van der Waals surface area (Å²) in [5, 5.41) is 7.43. The lowest BCUT2D eigenvalue weighted by Gasteiger charge is -2.29. The van der Waals surface area contributed by atoms with Crippen molar-refractivity contribution in [1.82, 2.24) is 10.3 Å². The van der Waals surface area contributed by atoms with Gasteiger partial charge in [-0.25, -0.2) is 4.98 Å². The van der Waals surface area contributed by atoms with Crippen LogP contribution in [0.15, 0.2) is 35.4 Å². The molecule has 1 fully saturated rings. The third-order valence-electron chi connectivity index (χ3n) is 4.68. The number of aryl methyl sites for hydroxylation is 2. The van der Waals surface area contributed by atoms with Crippen molar-refractivity contribution in [3.05, 3.63) is 47.2 Å². The summed E-state index contributed by atoms with van der Waals surface area (Å²) in [5.41, 5.74) is 8.35. The molecule has 0 radical (unpaired) electrons. The minimum atomic E-state index is 0.563. The van der Waals surface area contributed by atoms with Gasteiger partial charge in [0.05, 0.1) is 30.8 Å². The standard InChI is InChI=1S/C21H29N5O2/c1-16-4-5-18(12-17(16)2)25-23-15-19-13-20(26-7-10-27-11-8-26)14-21(24-19)28-9-6-22-3/h4-5,12-15,22,25H,6-11H2,1-3H3. The van der Waals surface area contributed by atoms with Gasteiger partial charge in [0.15, 0.2) is 0 Å². The predicted molar refractivity (Wildman–Crippen MR) is 114 cm³/mol. The summed E-state index contributed by atoms with van der Waals surface area (Å²) in [6, 6.07) is 10.2. The molecule has 2 heterocycles. The average molecular weight is 383 g/mol. The predicted octanol–water partition coefficient (Wildman–Crippen LogP) is 2.58. The van der Waals surface area contributed by atoms with E-state index in [1.807, 2.05) is 25.2 Å². The maximum absolute atomic E-state index is 5.80. The highest BCUT2D eigenvalue weighted by Crippen LogP contribution is 2.22. The highest BCUT2D eigenvalue weighted by atomic mass is 16.5. The second-order valence-corrected chi connectivity index (χ2v) is 6.81. The molecule has 1 aromatic carbocycles. The van der Waals surface area contributed by atoms with Crippen molar-refractivity contribution in [3.63, 3.8) is 0 Å². The van der Waals surface area contributed by atoms with E-state index in [2.05, 4.69) is 51.7 Å². The molecule has 150 valence electrons. The number of hydrazone groups is 1. The Bertz CT molecular complexity index is 803. The quantitative estimate of drug-likeness (QED) is 0.415. The van der Waals surface area contributed by atoms with Crippen LogP contribution < -0.4 is 20.4 Å². The number of hydrogen-bond donors (Lipinski definition) is 2. The van der Waals surface area contributed by atoms with Crippen LogP contribution in [0, 0.1) is 13.8 Å². The molecule has 0 spiro atoms. The molecule has 7 nitrogen and oxygen atoms in total. The van der Waals surface area contributed by atoms with E-state index in [0.29, 0.717) is 12.5 Å². The van der Waals surface area contributed by atoms with Gasteiger partial charge in [0.2, 0.25) is 5.88 Å². The average Bonchev–Trinajstić information content (AvgIpc) is 2.71. The van der Waals surface area contributed by atoms with Crippen molar-refractivity contribution in [2.45, 2.75) is 13.8 Å². The van der Waals surface area contributed by atoms with Crippen LogP contribution in [0.3, 0.4) is 0 Å². The van der Waals surface area contributed by atoms with Gasteiger partial charge in [-0.15, -0.1) is 0 Å². The summed E-state index contributed by atoms with van der Waals surface area (Å²) in [7, 11) is 1.90. The number of hydrogen-bond acceptors (Lipinski definition) is 7. The third kappa shape index (κ3) is 5.68. The lowest BCUT2D eigenvalue weighted by atomic mass is 10.1. The Morgan fingerprint density at radius 2 is 2.00 bits per heavy atom. The van der Waals surface area contributed by atoms with Crippen molar-refractivity contribution in [2.24, 2.45) is 5.10 Å². The van der Waals surface area contributed by atoms with Gasteiger partial charge in [-0.3, -0.25) is 5.43 Å². The minimum absolute atomic E-state index is 0.563. The topological polar surface area (TPSA) is 71.0 Å². The van der Waals surface area contributed by atoms with Crippen LogP contribution in [0.5, 0.6) is 5.88 Å². The zero-order valence-electron chi connectivity index (χ0n) is 16.9. The van der Waals surface area contributed by atoms with E-state index in [1.54, 1.807) is 6.21 Å². The Morgan fingerprint density at radius 3 is 2.75 bits per heavy atom. The van der Waals surface area contributed by atoms with Crippen LogP contribution >= 0.6 is 0 Å². The summed E-state index contributed by atoms with van der Waals surface area (Å²) in [5.74, 6) is 0.604. The fourth-order valence-electron chi connectivity index (χ4n) is 2.90. The van der Waals surface area contributed by atoms with E-state index in [9.17, 15) is 0 Å². The fourth-order valence-corrected chi connectivity index (χ4v) is 2.90. The Balaban J connectivity index is 1.75. The SMILES string of the molecule is CNCCOc1cc(N2CCOCC2)cc(C=NNc2ccc(C)c(C)c2)n1. The molecule has 0 unspecified atom stereocenters. The van der Waals surface area contributed by atoms with E-state index in [-0.39, 0.29) is 0 Å². The molecular formula is C21H29N5O2. The first-order chi connectivity index (χ1) is 13.7. The molecular weight excluding hydrogens is 354 g/mol. The Hall–Kier alpha value is -2.64. The van der Waals surface area contributed by atoms with E-state index in [1.165, 1.54) is 11.1 Å². The van der Waals surface area contributed by atoms with Crippen LogP contribution in [0.4, 0.5) is 11.4 Å². The van der Waals surface area contributed by atoms with E-state index >= 15 is 0 Å². The number of nitrogens with one attached hydrogen (secondary N) is 2. The number of rotatable bonds is 8. The minimum Gasteiger partial charge on any atom is -0.476 e. The third-order valence-corrected chi connectivity index (χ3v) is 4.68. The summed E-state index contributed by atoms with van der Waals surface area (Å²) < 4.78 is 11.3. The van der Waals surface area contributed by atoms with Crippen LogP contribution in [0.1, 0.15) is 16.8 Å². The first-order valence-electron chi connectivity index (χ1n) is 9.64. The van der Waals surface area contributed by atoms with Gasteiger partial charge >= 0.3 is 0 Å². The van der Waals surface area contributed by atoms with Gasteiger partial charge in [-0.2, -0.15) is 5.10 Å². The zero-order chi connectivity index (χ0) is 19.8. The normalized spacial score (nSPS) is 14.5. The monoisotopic (exact) mass is 383 g/mol. The molecule has 7 heteroatoms. The van der Waals surface area contributed by atoms with Gasteiger partial charge in [0.1, 0.15) is 6.61 Å². The summed E-state index contributed by atoms with van der Waals surface area (Å²) in [6.07, 6.45) is 1.73. The van der Waals surface area contributed by atoms with E-state index in [4.69, 9.17) is 9.47 Å². The largest absolute Gasteiger partial charge is 0.476 e. The second kappa shape index (κ2) is 10.1. The van der Waals surface area contributed by atoms with Crippen molar-refractivity contribution in [3.8, 4) is 5.88 Å². The summed E-state index contributed by atoms with van der Waals surface area (Å²) in [6.45, 7) is 8.70. The van der Waals surface area contributed by atoms with Gasteiger partial charge < -0.3 is 19.7 Å². The highest BCUT2D eigenvalue weighted by Gasteiger charge is 2.13. The maximum Gasteiger partial charge on any atom is 0.215 e. The molecule has 1 aromatic heterocycles. The van der Waals surface area contributed by atoms with Crippen LogP contribution in [0.2, 0.25) is 0 Å². The molecule has 0 bridgehead atoms. The number of likely N-dealkylation sites (N-methyl/N-ethyl adjacent to an activating group) is 1. The molecule has 1 aliphatic rings. The molecule has 2 aromatic rings.